The number of carbonyl (C=O) groups is 1. The summed E-state index contributed by atoms with van der Waals surface area (Å²) in [5.41, 5.74) is 0. The molecule has 0 saturated carbocycles. The molecule has 0 spiro atoms. The first kappa shape index (κ1) is 15.1. The van der Waals surface area contributed by atoms with Gasteiger partial charge in [0, 0.05) is 18.3 Å². The molecule has 19 heavy (non-hydrogen) atoms. The van der Waals surface area contributed by atoms with Crippen molar-refractivity contribution in [3.05, 3.63) is 0 Å². The van der Waals surface area contributed by atoms with Crippen molar-refractivity contribution < 1.29 is 18.3 Å². The van der Waals surface area contributed by atoms with E-state index >= 15 is 0 Å². The van der Waals surface area contributed by atoms with Gasteiger partial charge in [-0.15, -0.1) is 0 Å². The molecule has 0 aromatic rings. The van der Waals surface area contributed by atoms with Gasteiger partial charge in [0.15, 0.2) is 0 Å². The zero-order valence-electron chi connectivity index (χ0n) is 10.7. The zero-order valence-corrected chi connectivity index (χ0v) is 12.4. The molecule has 8 heteroatoms. The average molecular weight is 308 g/mol. The van der Waals surface area contributed by atoms with E-state index in [9.17, 15) is 13.2 Å². The third-order valence-electron chi connectivity index (χ3n) is 3.52. The van der Waals surface area contributed by atoms with Crippen LogP contribution in [0.3, 0.4) is 0 Å². The van der Waals surface area contributed by atoms with E-state index in [4.69, 9.17) is 5.11 Å². The number of hydrogen-bond acceptors (Lipinski definition) is 4. The molecule has 6 nitrogen and oxygen atoms in total. The summed E-state index contributed by atoms with van der Waals surface area (Å²) >= 11 is 1.74. The summed E-state index contributed by atoms with van der Waals surface area (Å²) < 4.78 is 28.4. The Morgan fingerprint density at radius 1 is 1.26 bits per heavy atom. The Balaban J connectivity index is 2.05. The van der Waals surface area contributed by atoms with Crippen molar-refractivity contribution in [2.75, 3.05) is 18.1 Å². The largest absolute Gasteiger partial charge is 0.480 e. The monoisotopic (exact) mass is 308 g/mol. The van der Waals surface area contributed by atoms with Crippen molar-refractivity contribution in [2.45, 2.75) is 44.2 Å². The van der Waals surface area contributed by atoms with Crippen LogP contribution in [-0.4, -0.2) is 53.9 Å². The van der Waals surface area contributed by atoms with Gasteiger partial charge in [0.25, 0.3) is 10.2 Å². The van der Waals surface area contributed by atoms with Crippen LogP contribution in [0.1, 0.15) is 32.1 Å². The highest BCUT2D eigenvalue weighted by Gasteiger charge is 2.37. The molecular weight excluding hydrogens is 288 g/mol. The normalized spacial score (nSPS) is 30.1. The molecule has 0 aliphatic carbocycles. The van der Waals surface area contributed by atoms with E-state index < -0.39 is 22.2 Å². The molecular formula is C11H20N2O4S2. The molecule has 2 aliphatic rings. The SMILES string of the molecule is O=C(O)C1CCCCN1S(=O)(=O)NC1CCCSC1. The van der Waals surface area contributed by atoms with Crippen LogP contribution in [-0.2, 0) is 15.0 Å². The van der Waals surface area contributed by atoms with E-state index in [1.54, 1.807) is 11.8 Å². The molecule has 2 saturated heterocycles. The highest BCUT2D eigenvalue weighted by molar-refractivity contribution is 7.99. The smallest absolute Gasteiger partial charge is 0.322 e. The predicted molar refractivity (Wildman–Crippen MR) is 74.4 cm³/mol. The van der Waals surface area contributed by atoms with Crippen molar-refractivity contribution in [1.29, 1.82) is 0 Å². The van der Waals surface area contributed by atoms with Gasteiger partial charge in [0.05, 0.1) is 0 Å². The fraction of sp³-hybridized carbons (Fsp3) is 0.909. The van der Waals surface area contributed by atoms with Crippen molar-refractivity contribution >= 4 is 27.9 Å². The predicted octanol–water partition coefficient (Wildman–Crippen LogP) is 0.655. The quantitative estimate of drug-likeness (QED) is 0.796. The minimum absolute atomic E-state index is 0.0693. The van der Waals surface area contributed by atoms with Crippen LogP contribution in [0.2, 0.25) is 0 Å². The number of hydrogen-bond donors (Lipinski definition) is 2. The number of rotatable bonds is 4. The van der Waals surface area contributed by atoms with Crippen molar-refractivity contribution in [3.8, 4) is 0 Å². The maximum Gasteiger partial charge on any atom is 0.322 e. The second-order valence-electron chi connectivity index (χ2n) is 5.00. The Bertz CT molecular complexity index is 420. The summed E-state index contributed by atoms with van der Waals surface area (Å²) in [7, 11) is -3.69. The summed E-state index contributed by atoms with van der Waals surface area (Å²) in [6.07, 6.45) is 3.72. The molecule has 2 aliphatic heterocycles. The first-order valence-corrected chi connectivity index (χ1v) is 9.20. The van der Waals surface area contributed by atoms with Crippen LogP contribution >= 0.6 is 11.8 Å². The lowest BCUT2D eigenvalue weighted by molar-refractivity contribution is -0.142. The molecule has 2 fully saturated rings. The van der Waals surface area contributed by atoms with Crippen LogP contribution in [0.15, 0.2) is 0 Å². The van der Waals surface area contributed by atoms with E-state index in [1.165, 1.54) is 0 Å². The van der Waals surface area contributed by atoms with Gasteiger partial charge in [0.1, 0.15) is 6.04 Å². The molecule has 2 unspecified atom stereocenters. The van der Waals surface area contributed by atoms with Gasteiger partial charge in [-0.3, -0.25) is 4.79 Å². The van der Waals surface area contributed by atoms with E-state index in [1.807, 2.05) is 0 Å². The van der Waals surface area contributed by atoms with Gasteiger partial charge in [-0.05, 0) is 37.9 Å². The average Bonchev–Trinajstić information content (AvgIpc) is 2.39. The molecule has 2 atom stereocenters. The number of aliphatic carboxylic acids is 1. The van der Waals surface area contributed by atoms with Gasteiger partial charge in [-0.2, -0.15) is 29.2 Å². The molecule has 110 valence electrons. The minimum atomic E-state index is -3.69. The number of carboxylic acids is 1. The molecule has 2 rings (SSSR count). The van der Waals surface area contributed by atoms with Crippen LogP contribution in [0.4, 0.5) is 0 Å². The van der Waals surface area contributed by atoms with Crippen LogP contribution in [0.5, 0.6) is 0 Å². The lowest BCUT2D eigenvalue weighted by Gasteiger charge is -2.33. The van der Waals surface area contributed by atoms with E-state index in [2.05, 4.69) is 4.72 Å². The second kappa shape index (κ2) is 6.43. The van der Waals surface area contributed by atoms with Gasteiger partial charge in [-0.1, -0.05) is 0 Å². The Labute approximate surface area is 118 Å². The second-order valence-corrected chi connectivity index (χ2v) is 7.80. The third-order valence-corrected chi connectivity index (χ3v) is 6.42. The molecule has 2 N–H and O–H groups in total. The summed E-state index contributed by atoms with van der Waals surface area (Å²) in [5, 5.41) is 9.14. The minimum Gasteiger partial charge on any atom is -0.480 e. The Kier molecular flexibility index (Phi) is 5.10. The van der Waals surface area contributed by atoms with Gasteiger partial charge in [0.2, 0.25) is 0 Å². The van der Waals surface area contributed by atoms with Crippen molar-refractivity contribution in [3.63, 3.8) is 0 Å². The summed E-state index contributed by atoms with van der Waals surface area (Å²) in [6, 6.07) is -0.984. The molecule has 0 bridgehead atoms. The van der Waals surface area contributed by atoms with Crippen LogP contribution in [0.25, 0.3) is 0 Å². The molecule has 0 radical (unpaired) electrons. The maximum atomic E-state index is 12.3. The highest BCUT2D eigenvalue weighted by atomic mass is 32.2. The fourth-order valence-electron chi connectivity index (χ4n) is 2.55. The number of piperidine rings is 1. The fourth-order valence-corrected chi connectivity index (χ4v) is 5.39. The number of nitrogens with one attached hydrogen (secondary N) is 1. The lowest BCUT2D eigenvalue weighted by atomic mass is 10.1. The number of thioether (sulfide) groups is 1. The molecule has 0 aromatic heterocycles. The van der Waals surface area contributed by atoms with Gasteiger partial charge in [-0.25, -0.2) is 0 Å². The maximum absolute atomic E-state index is 12.3. The topological polar surface area (TPSA) is 86.7 Å². The number of carboxylic acid groups (broad SMARTS) is 1. The molecule has 2 heterocycles. The Hall–Kier alpha value is -0.310. The Morgan fingerprint density at radius 2 is 2.05 bits per heavy atom. The zero-order chi connectivity index (χ0) is 13.9. The molecule has 0 aromatic carbocycles. The lowest BCUT2D eigenvalue weighted by Crippen LogP contribution is -2.54. The molecule has 0 amide bonds. The first-order valence-electron chi connectivity index (χ1n) is 6.60. The van der Waals surface area contributed by atoms with E-state index in [0.29, 0.717) is 13.0 Å². The van der Waals surface area contributed by atoms with Crippen molar-refractivity contribution in [1.82, 2.24) is 9.03 Å². The number of nitrogens with zero attached hydrogens (tertiary/aromatic N) is 1. The van der Waals surface area contributed by atoms with Crippen LogP contribution < -0.4 is 4.72 Å². The standard InChI is InChI=1S/C11H20N2O4S2/c14-11(15)10-5-1-2-6-13(10)19(16,17)12-9-4-3-7-18-8-9/h9-10,12H,1-8H2,(H,14,15). The van der Waals surface area contributed by atoms with Gasteiger partial charge < -0.3 is 5.11 Å². The Morgan fingerprint density at radius 3 is 2.68 bits per heavy atom. The van der Waals surface area contributed by atoms with E-state index in [-0.39, 0.29) is 6.04 Å². The third kappa shape index (κ3) is 3.84. The van der Waals surface area contributed by atoms with E-state index in [0.717, 1.165) is 41.5 Å². The first-order chi connectivity index (χ1) is 9.00. The summed E-state index contributed by atoms with van der Waals surface area (Å²) in [4.78, 5) is 11.2. The van der Waals surface area contributed by atoms with Crippen LogP contribution in [0, 0.1) is 0 Å². The summed E-state index contributed by atoms with van der Waals surface area (Å²) in [6.45, 7) is 0.298. The van der Waals surface area contributed by atoms with Gasteiger partial charge >= 0.3 is 5.97 Å². The van der Waals surface area contributed by atoms with Crippen molar-refractivity contribution in [2.24, 2.45) is 0 Å². The summed E-state index contributed by atoms with van der Waals surface area (Å²) in [5.74, 6) is 0.785. The highest BCUT2D eigenvalue weighted by Crippen LogP contribution is 2.22.